The van der Waals surface area contributed by atoms with Crippen molar-refractivity contribution in [1.82, 2.24) is 4.98 Å². The van der Waals surface area contributed by atoms with Crippen molar-refractivity contribution in [3.8, 4) is 34.3 Å². The molecule has 4 heteroatoms. The van der Waals surface area contributed by atoms with Gasteiger partial charge in [0.2, 0.25) is 0 Å². The number of nitrogens with zero attached hydrogens (tertiary/aromatic N) is 1. The van der Waals surface area contributed by atoms with Crippen LogP contribution >= 0.6 is 0 Å². The van der Waals surface area contributed by atoms with E-state index in [4.69, 9.17) is 19.2 Å². The van der Waals surface area contributed by atoms with Crippen LogP contribution in [-0.2, 0) is 0 Å². The van der Waals surface area contributed by atoms with Gasteiger partial charge in [-0.05, 0) is 24.3 Å². The van der Waals surface area contributed by atoms with E-state index >= 15 is 0 Å². The molecule has 0 radical (unpaired) electrons. The summed E-state index contributed by atoms with van der Waals surface area (Å²) < 4.78 is 16.9. The van der Waals surface area contributed by atoms with Gasteiger partial charge in [-0.15, -0.1) is 0 Å². The Morgan fingerprint density at radius 1 is 0.667 bits per heavy atom. The number of para-hydroxylation sites is 1. The molecule has 0 N–H and O–H groups in total. The van der Waals surface area contributed by atoms with E-state index in [1.807, 2.05) is 78.9 Å². The summed E-state index contributed by atoms with van der Waals surface area (Å²) in [4.78, 5) is 4.84. The summed E-state index contributed by atoms with van der Waals surface area (Å²) in [5.41, 5.74) is 2.72. The number of ether oxygens (including phenoxy) is 3. The second kappa shape index (κ2) is 7.38. The molecule has 0 amide bonds. The van der Waals surface area contributed by atoms with Crippen LogP contribution in [-0.4, -0.2) is 19.2 Å². The molecular formula is C23H19NO3. The standard InChI is InChI=1S/C23H19NO3/c1-25-20-13-12-18(15-21(20)26-2)27-22-14-17-10-6-7-11-19(17)24-23(22)16-8-4-3-5-9-16/h3-15H,1-2H3. The van der Waals surface area contributed by atoms with Crippen molar-refractivity contribution < 1.29 is 14.2 Å². The maximum absolute atomic E-state index is 6.22. The molecule has 0 saturated heterocycles. The number of methoxy groups -OCH3 is 2. The Morgan fingerprint density at radius 3 is 2.19 bits per heavy atom. The summed E-state index contributed by atoms with van der Waals surface area (Å²) in [7, 11) is 3.22. The highest BCUT2D eigenvalue weighted by Crippen LogP contribution is 2.37. The molecule has 27 heavy (non-hydrogen) atoms. The molecule has 1 heterocycles. The predicted molar refractivity (Wildman–Crippen MR) is 107 cm³/mol. The molecule has 0 atom stereocenters. The third-order valence-electron chi connectivity index (χ3n) is 4.32. The van der Waals surface area contributed by atoms with E-state index in [2.05, 4.69) is 0 Å². The average molecular weight is 357 g/mol. The average Bonchev–Trinajstić information content (AvgIpc) is 2.73. The van der Waals surface area contributed by atoms with Gasteiger partial charge in [0.05, 0.1) is 19.7 Å². The lowest BCUT2D eigenvalue weighted by Gasteiger charge is -2.14. The first-order chi connectivity index (χ1) is 13.3. The lowest BCUT2D eigenvalue weighted by Crippen LogP contribution is -1.95. The highest BCUT2D eigenvalue weighted by atomic mass is 16.5. The number of aromatic nitrogens is 1. The molecule has 4 nitrogen and oxygen atoms in total. The summed E-state index contributed by atoms with van der Waals surface area (Å²) in [6.07, 6.45) is 0. The Kier molecular flexibility index (Phi) is 4.62. The zero-order valence-electron chi connectivity index (χ0n) is 15.2. The van der Waals surface area contributed by atoms with Crippen LogP contribution in [0.15, 0.2) is 78.9 Å². The molecule has 1 aromatic heterocycles. The second-order valence-corrected chi connectivity index (χ2v) is 6.01. The van der Waals surface area contributed by atoms with Crippen molar-refractivity contribution in [2.45, 2.75) is 0 Å². The number of fused-ring (bicyclic) bond motifs is 1. The molecule has 4 aromatic rings. The van der Waals surface area contributed by atoms with E-state index in [1.165, 1.54) is 0 Å². The van der Waals surface area contributed by atoms with Gasteiger partial charge in [0.1, 0.15) is 11.4 Å². The fourth-order valence-corrected chi connectivity index (χ4v) is 2.98. The third-order valence-corrected chi connectivity index (χ3v) is 4.32. The van der Waals surface area contributed by atoms with Crippen LogP contribution in [0.1, 0.15) is 0 Å². The quantitative estimate of drug-likeness (QED) is 0.459. The SMILES string of the molecule is COc1ccc(Oc2cc3ccccc3nc2-c2ccccc2)cc1OC. The lowest BCUT2D eigenvalue weighted by molar-refractivity contribution is 0.352. The Bertz CT molecular complexity index is 1080. The Balaban J connectivity index is 1.83. The monoisotopic (exact) mass is 357 g/mol. The minimum atomic E-state index is 0.616. The summed E-state index contributed by atoms with van der Waals surface area (Å²) in [6, 6.07) is 25.5. The first-order valence-electron chi connectivity index (χ1n) is 8.63. The molecule has 0 unspecified atom stereocenters. The highest BCUT2D eigenvalue weighted by molar-refractivity contribution is 5.85. The van der Waals surface area contributed by atoms with Crippen LogP contribution in [0.2, 0.25) is 0 Å². The van der Waals surface area contributed by atoms with E-state index in [9.17, 15) is 0 Å². The van der Waals surface area contributed by atoms with E-state index in [1.54, 1.807) is 14.2 Å². The summed E-state index contributed by atoms with van der Waals surface area (Å²) in [5, 5.41) is 1.02. The zero-order valence-corrected chi connectivity index (χ0v) is 15.2. The molecular weight excluding hydrogens is 338 g/mol. The maximum atomic E-state index is 6.22. The molecule has 0 saturated carbocycles. The van der Waals surface area contributed by atoms with E-state index in [0.717, 1.165) is 22.2 Å². The molecule has 134 valence electrons. The van der Waals surface area contributed by atoms with Gasteiger partial charge in [-0.25, -0.2) is 4.98 Å². The number of rotatable bonds is 5. The summed E-state index contributed by atoms with van der Waals surface area (Å²) >= 11 is 0. The van der Waals surface area contributed by atoms with Crippen molar-refractivity contribution in [2.24, 2.45) is 0 Å². The molecule has 0 fully saturated rings. The van der Waals surface area contributed by atoms with Crippen LogP contribution in [0.3, 0.4) is 0 Å². The Morgan fingerprint density at radius 2 is 1.41 bits per heavy atom. The van der Waals surface area contributed by atoms with Crippen molar-refractivity contribution in [1.29, 1.82) is 0 Å². The summed E-state index contributed by atoms with van der Waals surface area (Å²) in [6.45, 7) is 0. The van der Waals surface area contributed by atoms with Gasteiger partial charge in [0, 0.05) is 17.0 Å². The molecule has 0 spiro atoms. The van der Waals surface area contributed by atoms with E-state index < -0.39 is 0 Å². The van der Waals surface area contributed by atoms with Crippen LogP contribution in [0.5, 0.6) is 23.0 Å². The fourth-order valence-electron chi connectivity index (χ4n) is 2.98. The fraction of sp³-hybridized carbons (Fsp3) is 0.0870. The largest absolute Gasteiger partial charge is 0.493 e. The number of benzene rings is 3. The van der Waals surface area contributed by atoms with E-state index in [-0.39, 0.29) is 0 Å². The molecule has 3 aromatic carbocycles. The van der Waals surface area contributed by atoms with Gasteiger partial charge in [-0.1, -0.05) is 48.5 Å². The maximum Gasteiger partial charge on any atom is 0.164 e. The van der Waals surface area contributed by atoms with Crippen LogP contribution in [0, 0.1) is 0 Å². The Labute approximate surface area is 158 Å². The van der Waals surface area contributed by atoms with Crippen LogP contribution < -0.4 is 14.2 Å². The van der Waals surface area contributed by atoms with Crippen LogP contribution in [0.4, 0.5) is 0 Å². The first kappa shape index (κ1) is 16.9. The van der Waals surface area contributed by atoms with Crippen molar-refractivity contribution >= 4 is 10.9 Å². The third kappa shape index (κ3) is 3.42. The molecule has 0 aliphatic heterocycles. The topological polar surface area (TPSA) is 40.6 Å². The van der Waals surface area contributed by atoms with Crippen molar-refractivity contribution in [3.05, 3.63) is 78.9 Å². The molecule has 0 bridgehead atoms. The smallest absolute Gasteiger partial charge is 0.164 e. The van der Waals surface area contributed by atoms with Crippen LogP contribution in [0.25, 0.3) is 22.2 Å². The predicted octanol–water partition coefficient (Wildman–Crippen LogP) is 5.71. The minimum Gasteiger partial charge on any atom is -0.493 e. The van der Waals surface area contributed by atoms with Crippen molar-refractivity contribution in [3.63, 3.8) is 0 Å². The molecule has 0 aliphatic rings. The molecule has 4 rings (SSSR count). The van der Waals surface area contributed by atoms with Gasteiger partial charge < -0.3 is 14.2 Å². The number of hydrogen-bond acceptors (Lipinski definition) is 4. The normalized spacial score (nSPS) is 10.6. The van der Waals surface area contributed by atoms with Gasteiger partial charge in [0.15, 0.2) is 17.2 Å². The minimum absolute atomic E-state index is 0.616. The second-order valence-electron chi connectivity index (χ2n) is 6.01. The molecule has 0 aliphatic carbocycles. The number of pyridine rings is 1. The summed E-state index contributed by atoms with van der Waals surface area (Å²) in [5.74, 6) is 2.61. The van der Waals surface area contributed by atoms with Crippen molar-refractivity contribution in [2.75, 3.05) is 14.2 Å². The first-order valence-corrected chi connectivity index (χ1v) is 8.63. The van der Waals surface area contributed by atoms with E-state index in [0.29, 0.717) is 23.0 Å². The lowest BCUT2D eigenvalue weighted by atomic mass is 10.1. The Hall–Kier alpha value is -3.53. The van der Waals surface area contributed by atoms with Gasteiger partial charge >= 0.3 is 0 Å². The van der Waals surface area contributed by atoms with Gasteiger partial charge in [-0.3, -0.25) is 0 Å². The van der Waals surface area contributed by atoms with Gasteiger partial charge in [0.25, 0.3) is 0 Å². The highest BCUT2D eigenvalue weighted by Gasteiger charge is 2.13. The zero-order chi connectivity index (χ0) is 18.6. The number of hydrogen-bond donors (Lipinski definition) is 0. The van der Waals surface area contributed by atoms with Gasteiger partial charge in [-0.2, -0.15) is 0 Å².